The van der Waals surface area contributed by atoms with Crippen molar-refractivity contribution in [3.63, 3.8) is 0 Å². The van der Waals surface area contributed by atoms with Gasteiger partial charge in [-0.25, -0.2) is 4.68 Å². The zero-order valence-electron chi connectivity index (χ0n) is 12.7. The van der Waals surface area contributed by atoms with Gasteiger partial charge < -0.3 is 5.32 Å². The van der Waals surface area contributed by atoms with Crippen LogP contribution in [0.2, 0.25) is 0 Å². The average molecular weight is 280 g/mol. The molecule has 20 heavy (non-hydrogen) atoms. The molecule has 1 aliphatic rings. The highest BCUT2D eigenvalue weighted by atomic mass is 16.6. The topological polar surface area (TPSA) is 73.0 Å². The summed E-state index contributed by atoms with van der Waals surface area (Å²) >= 11 is 0. The second-order valence-electron chi connectivity index (χ2n) is 6.09. The summed E-state index contributed by atoms with van der Waals surface area (Å²) in [5.74, 6) is 1.11. The van der Waals surface area contributed by atoms with Crippen LogP contribution in [0.5, 0.6) is 0 Å². The van der Waals surface area contributed by atoms with Crippen molar-refractivity contribution in [1.82, 2.24) is 9.78 Å². The molecule has 1 N–H and O–H groups in total. The number of hydrogen-bond acceptors (Lipinski definition) is 4. The van der Waals surface area contributed by atoms with Crippen molar-refractivity contribution >= 4 is 11.5 Å². The predicted molar refractivity (Wildman–Crippen MR) is 79.0 cm³/mol. The van der Waals surface area contributed by atoms with E-state index in [1.165, 1.54) is 19.3 Å². The van der Waals surface area contributed by atoms with E-state index >= 15 is 0 Å². The SMILES string of the molecule is Cc1nn(C(C)C)c(NC2CCCCC2C)c1[N+](=O)[O-]. The van der Waals surface area contributed by atoms with Crippen LogP contribution in [0.1, 0.15) is 58.2 Å². The second-order valence-corrected chi connectivity index (χ2v) is 6.09. The molecule has 112 valence electrons. The molecular weight excluding hydrogens is 256 g/mol. The quantitative estimate of drug-likeness (QED) is 0.674. The van der Waals surface area contributed by atoms with Gasteiger partial charge in [0.05, 0.1) is 4.92 Å². The lowest BCUT2D eigenvalue weighted by Gasteiger charge is -2.30. The summed E-state index contributed by atoms with van der Waals surface area (Å²) in [6.45, 7) is 7.90. The molecule has 2 rings (SSSR count). The number of nitro groups is 1. The van der Waals surface area contributed by atoms with Gasteiger partial charge in [0, 0.05) is 12.1 Å². The maximum atomic E-state index is 11.3. The Labute approximate surface area is 119 Å². The summed E-state index contributed by atoms with van der Waals surface area (Å²) in [7, 11) is 0. The van der Waals surface area contributed by atoms with Gasteiger partial charge in [0.1, 0.15) is 5.69 Å². The summed E-state index contributed by atoms with van der Waals surface area (Å²) in [4.78, 5) is 11.0. The number of nitrogens with one attached hydrogen (secondary N) is 1. The number of aryl methyl sites for hydroxylation is 1. The molecule has 0 aromatic carbocycles. The van der Waals surface area contributed by atoms with Crippen LogP contribution in [-0.2, 0) is 0 Å². The highest BCUT2D eigenvalue weighted by Crippen LogP contribution is 2.34. The maximum Gasteiger partial charge on any atom is 0.333 e. The number of hydrogen-bond donors (Lipinski definition) is 1. The molecule has 2 unspecified atom stereocenters. The largest absolute Gasteiger partial charge is 0.362 e. The van der Waals surface area contributed by atoms with E-state index in [1.807, 2.05) is 13.8 Å². The summed E-state index contributed by atoms with van der Waals surface area (Å²) in [6.07, 6.45) is 4.69. The number of aromatic nitrogens is 2. The molecule has 2 atom stereocenters. The summed E-state index contributed by atoms with van der Waals surface area (Å²) < 4.78 is 1.74. The normalized spacial score (nSPS) is 23.1. The van der Waals surface area contributed by atoms with Crippen molar-refractivity contribution in [2.24, 2.45) is 5.92 Å². The lowest BCUT2D eigenvalue weighted by atomic mass is 9.86. The van der Waals surface area contributed by atoms with Crippen LogP contribution in [-0.4, -0.2) is 20.7 Å². The fourth-order valence-electron chi connectivity index (χ4n) is 2.97. The molecule has 1 aromatic heterocycles. The van der Waals surface area contributed by atoms with Crippen LogP contribution in [0, 0.1) is 23.0 Å². The minimum atomic E-state index is -0.322. The number of anilines is 1. The van der Waals surface area contributed by atoms with E-state index in [0.717, 1.165) is 6.42 Å². The van der Waals surface area contributed by atoms with Crippen LogP contribution in [0.3, 0.4) is 0 Å². The second kappa shape index (κ2) is 5.81. The third-order valence-electron chi connectivity index (χ3n) is 4.16. The lowest BCUT2D eigenvalue weighted by molar-refractivity contribution is -0.384. The van der Waals surface area contributed by atoms with E-state index in [4.69, 9.17) is 0 Å². The lowest BCUT2D eigenvalue weighted by Crippen LogP contribution is -2.31. The van der Waals surface area contributed by atoms with Gasteiger partial charge >= 0.3 is 5.69 Å². The molecular formula is C14H24N4O2. The molecule has 1 aromatic rings. The van der Waals surface area contributed by atoms with Crippen molar-refractivity contribution in [2.45, 2.75) is 65.5 Å². The van der Waals surface area contributed by atoms with Gasteiger partial charge in [-0.2, -0.15) is 5.10 Å². The molecule has 0 bridgehead atoms. The molecule has 1 saturated carbocycles. The van der Waals surface area contributed by atoms with E-state index in [0.29, 0.717) is 23.5 Å². The highest BCUT2D eigenvalue weighted by molar-refractivity contribution is 5.60. The van der Waals surface area contributed by atoms with Crippen molar-refractivity contribution in [1.29, 1.82) is 0 Å². The first kappa shape index (κ1) is 14.8. The van der Waals surface area contributed by atoms with E-state index in [9.17, 15) is 10.1 Å². The van der Waals surface area contributed by atoms with Gasteiger partial charge in [-0.3, -0.25) is 10.1 Å². The molecule has 1 heterocycles. The van der Waals surface area contributed by atoms with E-state index < -0.39 is 0 Å². The smallest absolute Gasteiger partial charge is 0.333 e. The van der Waals surface area contributed by atoms with Crippen LogP contribution in [0.15, 0.2) is 0 Å². The van der Waals surface area contributed by atoms with Gasteiger partial charge in [0.2, 0.25) is 5.82 Å². The molecule has 0 saturated heterocycles. The minimum absolute atomic E-state index is 0.101. The van der Waals surface area contributed by atoms with Gasteiger partial charge in [0.25, 0.3) is 0 Å². The molecule has 1 aliphatic carbocycles. The monoisotopic (exact) mass is 280 g/mol. The zero-order chi connectivity index (χ0) is 14.9. The van der Waals surface area contributed by atoms with Crippen LogP contribution in [0.25, 0.3) is 0 Å². The fourth-order valence-corrected chi connectivity index (χ4v) is 2.97. The van der Waals surface area contributed by atoms with Crippen LogP contribution in [0.4, 0.5) is 11.5 Å². The van der Waals surface area contributed by atoms with Crippen molar-refractivity contribution < 1.29 is 4.92 Å². The van der Waals surface area contributed by atoms with Crippen molar-refractivity contribution in [3.8, 4) is 0 Å². The van der Waals surface area contributed by atoms with Crippen molar-refractivity contribution in [2.75, 3.05) is 5.32 Å². The fraction of sp³-hybridized carbons (Fsp3) is 0.786. The summed E-state index contributed by atoms with van der Waals surface area (Å²) in [6, 6.07) is 0.403. The zero-order valence-corrected chi connectivity index (χ0v) is 12.7. The Morgan fingerprint density at radius 3 is 2.60 bits per heavy atom. The Morgan fingerprint density at radius 2 is 2.05 bits per heavy atom. The number of rotatable bonds is 4. The molecule has 6 heteroatoms. The number of nitrogens with zero attached hydrogens (tertiary/aromatic N) is 3. The minimum Gasteiger partial charge on any atom is -0.362 e. The first-order valence-corrected chi connectivity index (χ1v) is 7.41. The third kappa shape index (κ3) is 2.78. The van der Waals surface area contributed by atoms with Gasteiger partial charge in [0.15, 0.2) is 0 Å². The van der Waals surface area contributed by atoms with Gasteiger partial charge in [-0.05, 0) is 39.5 Å². The highest BCUT2D eigenvalue weighted by Gasteiger charge is 2.30. The Kier molecular flexibility index (Phi) is 4.30. The van der Waals surface area contributed by atoms with E-state index in [-0.39, 0.29) is 16.7 Å². The average Bonchev–Trinajstić information content (AvgIpc) is 2.69. The van der Waals surface area contributed by atoms with E-state index in [2.05, 4.69) is 17.3 Å². The van der Waals surface area contributed by atoms with Crippen LogP contribution >= 0.6 is 0 Å². The Balaban J connectivity index is 2.35. The molecule has 0 amide bonds. The Hall–Kier alpha value is -1.59. The first-order valence-electron chi connectivity index (χ1n) is 7.41. The summed E-state index contributed by atoms with van der Waals surface area (Å²) in [5, 5.41) is 19.1. The third-order valence-corrected chi connectivity index (χ3v) is 4.16. The van der Waals surface area contributed by atoms with E-state index in [1.54, 1.807) is 11.6 Å². The van der Waals surface area contributed by atoms with Gasteiger partial charge in [-0.15, -0.1) is 0 Å². The first-order chi connectivity index (χ1) is 9.41. The van der Waals surface area contributed by atoms with Gasteiger partial charge in [-0.1, -0.05) is 19.8 Å². The molecule has 0 spiro atoms. The molecule has 0 radical (unpaired) electrons. The Morgan fingerprint density at radius 1 is 1.40 bits per heavy atom. The van der Waals surface area contributed by atoms with Crippen LogP contribution < -0.4 is 5.32 Å². The summed E-state index contributed by atoms with van der Waals surface area (Å²) in [5.41, 5.74) is 0.603. The molecule has 0 aliphatic heterocycles. The molecule has 6 nitrogen and oxygen atoms in total. The Bertz CT molecular complexity index is 496. The molecule has 1 fully saturated rings. The maximum absolute atomic E-state index is 11.3. The standard InChI is InChI=1S/C14H24N4O2/c1-9(2)17-14(13(18(19)20)11(4)16-17)15-12-8-6-5-7-10(12)3/h9-10,12,15H,5-8H2,1-4H3. The van der Waals surface area contributed by atoms with Crippen molar-refractivity contribution in [3.05, 3.63) is 15.8 Å². The predicted octanol–water partition coefficient (Wildman–Crippen LogP) is 3.67.